The van der Waals surface area contributed by atoms with Gasteiger partial charge in [-0.1, -0.05) is 30.3 Å². The predicted molar refractivity (Wildman–Crippen MR) is 106 cm³/mol. The molecule has 1 saturated heterocycles. The molecule has 1 aromatic heterocycles. The Labute approximate surface area is 168 Å². The van der Waals surface area contributed by atoms with Crippen LogP contribution >= 0.6 is 11.3 Å². The Morgan fingerprint density at radius 1 is 1.32 bits per heavy atom. The Kier molecular flexibility index (Phi) is 6.12. The molecule has 3 rings (SSSR count). The van der Waals surface area contributed by atoms with Crippen molar-refractivity contribution < 1.29 is 19.8 Å². The van der Waals surface area contributed by atoms with Crippen molar-refractivity contribution in [2.75, 3.05) is 27.2 Å². The molecule has 0 unspecified atom stereocenters. The summed E-state index contributed by atoms with van der Waals surface area (Å²) in [7, 11) is 3.87. The van der Waals surface area contributed by atoms with Gasteiger partial charge in [-0.3, -0.25) is 9.59 Å². The molecule has 0 bridgehead atoms. The van der Waals surface area contributed by atoms with Crippen LogP contribution in [0.5, 0.6) is 0 Å². The lowest BCUT2D eigenvalue weighted by atomic mass is 9.71. The van der Waals surface area contributed by atoms with Crippen molar-refractivity contribution in [1.82, 2.24) is 14.8 Å². The van der Waals surface area contributed by atoms with E-state index in [1.54, 1.807) is 5.38 Å². The van der Waals surface area contributed by atoms with E-state index in [2.05, 4.69) is 4.98 Å². The Hall–Kier alpha value is -2.29. The van der Waals surface area contributed by atoms with Crippen LogP contribution in [0.1, 0.15) is 27.5 Å². The number of hydrogen-bond donors (Lipinski definition) is 2. The number of carboxylic acid groups (broad SMARTS) is 1. The van der Waals surface area contributed by atoms with Gasteiger partial charge in [0.1, 0.15) is 16.1 Å². The highest BCUT2D eigenvalue weighted by Gasteiger charge is 2.49. The molecule has 0 aliphatic carbocycles. The molecule has 28 heavy (non-hydrogen) atoms. The molecule has 0 saturated carbocycles. The number of rotatable bonds is 6. The van der Waals surface area contributed by atoms with Crippen molar-refractivity contribution in [3.63, 3.8) is 0 Å². The average molecular weight is 404 g/mol. The molecule has 0 spiro atoms. The predicted octanol–water partition coefficient (Wildman–Crippen LogP) is 1.73. The summed E-state index contributed by atoms with van der Waals surface area (Å²) < 4.78 is 0. The van der Waals surface area contributed by atoms with E-state index in [4.69, 9.17) is 0 Å². The van der Waals surface area contributed by atoms with Gasteiger partial charge < -0.3 is 20.0 Å². The zero-order chi connectivity index (χ0) is 20.3. The van der Waals surface area contributed by atoms with Crippen molar-refractivity contribution in [2.24, 2.45) is 5.41 Å². The number of aliphatic hydroxyl groups is 1. The summed E-state index contributed by atoms with van der Waals surface area (Å²) in [6.07, 6.45) is -0.725. The quantitative estimate of drug-likeness (QED) is 0.763. The van der Waals surface area contributed by atoms with Gasteiger partial charge in [0.2, 0.25) is 0 Å². The number of thiazole rings is 1. The number of β-amino-alcohol motifs (C(OH)–C–C–N with tert-alkyl or cyclic N) is 1. The van der Waals surface area contributed by atoms with Crippen LogP contribution in [-0.2, 0) is 17.8 Å². The Morgan fingerprint density at radius 3 is 2.64 bits per heavy atom. The number of nitrogens with zero attached hydrogens (tertiary/aromatic N) is 3. The molecular formula is C20H25N3O4S. The van der Waals surface area contributed by atoms with E-state index in [1.165, 1.54) is 16.2 Å². The summed E-state index contributed by atoms with van der Waals surface area (Å²) in [4.78, 5) is 32.7. The maximum absolute atomic E-state index is 12.8. The van der Waals surface area contributed by atoms with Gasteiger partial charge >= 0.3 is 5.97 Å². The molecule has 150 valence electrons. The summed E-state index contributed by atoms with van der Waals surface area (Å²) >= 11 is 1.42. The molecule has 8 heteroatoms. The zero-order valence-electron chi connectivity index (χ0n) is 16.0. The molecule has 1 fully saturated rings. The van der Waals surface area contributed by atoms with Gasteiger partial charge in [-0.2, -0.15) is 0 Å². The summed E-state index contributed by atoms with van der Waals surface area (Å²) in [5, 5.41) is 23.2. The minimum atomic E-state index is -1.30. The van der Waals surface area contributed by atoms with Gasteiger partial charge in [-0.15, -0.1) is 11.3 Å². The normalized spacial score (nSPS) is 22.4. The molecule has 2 N–H and O–H groups in total. The first-order valence-corrected chi connectivity index (χ1v) is 10.0. The third-order valence-electron chi connectivity index (χ3n) is 5.16. The van der Waals surface area contributed by atoms with Crippen LogP contribution < -0.4 is 0 Å². The van der Waals surface area contributed by atoms with Crippen LogP contribution in [0.4, 0.5) is 0 Å². The van der Waals surface area contributed by atoms with Gasteiger partial charge in [-0.25, -0.2) is 4.98 Å². The van der Waals surface area contributed by atoms with Crippen LogP contribution in [-0.4, -0.2) is 70.2 Å². The first-order valence-electron chi connectivity index (χ1n) is 9.15. The zero-order valence-corrected chi connectivity index (χ0v) is 16.9. The first-order chi connectivity index (χ1) is 13.3. The highest BCUT2D eigenvalue weighted by Crippen LogP contribution is 2.36. The van der Waals surface area contributed by atoms with E-state index in [9.17, 15) is 19.8 Å². The van der Waals surface area contributed by atoms with E-state index in [-0.39, 0.29) is 31.8 Å². The van der Waals surface area contributed by atoms with Crippen molar-refractivity contribution in [2.45, 2.75) is 25.5 Å². The summed E-state index contributed by atoms with van der Waals surface area (Å²) in [5.74, 6) is -1.29. The number of aromatic nitrogens is 1. The molecule has 1 aliphatic rings. The fourth-order valence-electron chi connectivity index (χ4n) is 3.57. The van der Waals surface area contributed by atoms with E-state index >= 15 is 0 Å². The third-order valence-corrected chi connectivity index (χ3v) is 5.99. The molecule has 1 amide bonds. The van der Waals surface area contributed by atoms with Crippen LogP contribution in [0.2, 0.25) is 0 Å². The lowest BCUT2D eigenvalue weighted by Crippen LogP contribution is -2.57. The van der Waals surface area contributed by atoms with Gasteiger partial charge in [0.05, 0.1) is 6.10 Å². The smallest absolute Gasteiger partial charge is 0.312 e. The maximum Gasteiger partial charge on any atom is 0.312 e. The van der Waals surface area contributed by atoms with E-state index in [0.717, 1.165) is 10.6 Å². The molecule has 0 radical (unpaired) electrons. The highest BCUT2D eigenvalue weighted by atomic mass is 32.1. The number of aliphatic carboxylic acids is 1. The van der Waals surface area contributed by atoms with Gasteiger partial charge in [0.25, 0.3) is 5.91 Å². The third kappa shape index (κ3) is 4.24. The number of amides is 1. The monoisotopic (exact) mass is 403 g/mol. The molecule has 2 heterocycles. The van der Waals surface area contributed by atoms with Gasteiger partial charge in [0.15, 0.2) is 0 Å². The molecule has 1 aromatic carbocycles. The van der Waals surface area contributed by atoms with Crippen molar-refractivity contribution >= 4 is 23.2 Å². The van der Waals surface area contributed by atoms with Crippen LogP contribution in [0.25, 0.3) is 0 Å². The maximum atomic E-state index is 12.8. The number of hydrogen-bond acceptors (Lipinski definition) is 6. The minimum Gasteiger partial charge on any atom is -0.481 e. The number of benzene rings is 1. The molecule has 7 nitrogen and oxygen atoms in total. The number of likely N-dealkylation sites (tertiary alicyclic amines) is 1. The Bertz CT molecular complexity index is 839. The Morgan fingerprint density at radius 2 is 2.04 bits per heavy atom. The summed E-state index contributed by atoms with van der Waals surface area (Å²) in [6, 6.07) is 9.28. The average Bonchev–Trinajstić information content (AvgIpc) is 3.11. The van der Waals surface area contributed by atoms with Gasteiger partial charge in [-0.05, 0) is 32.5 Å². The second-order valence-electron chi connectivity index (χ2n) is 7.50. The number of carbonyl (C=O) groups excluding carboxylic acids is 1. The van der Waals surface area contributed by atoms with Crippen LogP contribution in [0, 0.1) is 5.41 Å². The van der Waals surface area contributed by atoms with E-state index in [1.807, 2.05) is 49.3 Å². The van der Waals surface area contributed by atoms with Crippen LogP contribution in [0.15, 0.2) is 35.7 Å². The van der Waals surface area contributed by atoms with E-state index in [0.29, 0.717) is 12.2 Å². The largest absolute Gasteiger partial charge is 0.481 e. The molecular weight excluding hydrogens is 378 g/mol. The number of carbonyl (C=O) groups is 2. The number of aliphatic hydroxyl groups excluding tert-OH is 1. The first kappa shape index (κ1) is 20.4. The van der Waals surface area contributed by atoms with Gasteiger partial charge in [0, 0.05) is 25.0 Å². The molecule has 1 aliphatic heterocycles. The second kappa shape index (κ2) is 8.38. The summed E-state index contributed by atoms with van der Waals surface area (Å²) in [6.45, 7) is 0.911. The van der Waals surface area contributed by atoms with Crippen molar-refractivity contribution in [3.8, 4) is 0 Å². The number of piperidine rings is 1. The minimum absolute atomic E-state index is 0.0154. The fraction of sp³-hybridized carbons (Fsp3) is 0.450. The van der Waals surface area contributed by atoms with Crippen molar-refractivity contribution in [1.29, 1.82) is 0 Å². The highest BCUT2D eigenvalue weighted by molar-refractivity contribution is 7.09. The summed E-state index contributed by atoms with van der Waals surface area (Å²) in [5.41, 5.74) is -0.0903. The fourth-order valence-corrected chi connectivity index (χ4v) is 4.45. The molecule has 2 aromatic rings. The van der Waals surface area contributed by atoms with E-state index < -0.39 is 17.5 Å². The van der Waals surface area contributed by atoms with Crippen molar-refractivity contribution in [3.05, 3.63) is 52.0 Å². The lowest BCUT2D eigenvalue weighted by molar-refractivity contribution is -0.161. The Balaban J connectivity index is 1.73. The topological polar surface area (TPSA) is 94.0 Å². The SMILES string of the molecule is CN(C)Cc1nc(C(=O)N2CC[C@](Cc3ccccc3)(C(=O)O)[C@H](O)C2)cs1. The second-order valence-corrected chi connectivity index (χ2v) is 8.45. The standard InChI is InChI=1S/C20H25N3O4S/c1-22(2)12-17-21-15(13-28-17)18(25)23-9-8-20(19(26)27,16(24)11-23)10-14-6-4-3-5-7-14/h3-7,13,16,24H,8-12H2,1-2H3,(H,26,27)/t16-,20-/m1/s1. The number of carboxylic acids is 1. The molecule has 2 atom stereocenters. The van der Waals surface area contributed by atoms with Crippen LogP contribution in [0.3, 0.4) is 0 Å². The lowest BCUT2D eigenvalue weighted by Gasteiger charge is -2.42.